The van der Waals surface area contributed by atoms with Crippen LogP contribution in [0.2, 0.25) is 0 Å². The minimum atomic E-state index is -0.00272. The number of hydrogen-bond donors (Lipinski definition) is 1. The van der Waals surface area contributed by atoms with Crippen molar-refractivity contribution in [1.82, 2.24) is 10.2 Å². The van der Waals surface area contributed by atoms with E-state index in [-0.39, 0.29) is 6.03 Å². The monoisotopic (exact) mass is 200 g/mol. The molecule has 0 aliphatic carbocycles. The maximum absolute atomic E-state index is 11.2. The van der Waals surface area contributed by atoms with E-state index in [2.05, 4.69) is 5.32 Å². The molecule has 0 aromatic rings. The Hall–Kier alpha value is -0.770. The first-order valence-electron chi connectivity index (χ1n) is 5.23. The standard InChI is InChI=1S/C10H20N2O2/c1-12(2)10(13)11-6-3-9-4-7-14-8-5-9/h9H,3-8H2,1-2H3,(H,11,13). The number of rotatable bonds is 3. The van der Waals surface area contributed by atoms with Crippen LogP contribution in [0.4, 0.5) is 4.79 Å². The van der Waals surface area contributed by atoms with Gasteiger partial charge >= 0.3 is 6.03 Å². The lowest BCUT2D eigenvalue weighted by atomic mass is 9.97. The van der Waals surface area contributed by atoms with E-state index in [0.29, 0.717) is 0 Å². The second-order valence-electron chi connectivity index (χ2n) is 3.97. The second kappa shape index (κ2) is 5.86. The summed E-state index contributed by atoms with van der Waals surface area (Å²) in [5.41, 5.74) is 0. The van der Waals surface area contributed by atoms with E-state index in [4.69, 9.17) is 4.74 Å². The van der Waals surface area contributed by atoms with Crippen LogP contribution >= 0.6 is 0 Å². The first kappa shape index (κ1) is 11.3. The molecule has 1 heterocycles. The third-order valence-electron chi connectivity index (χ3n) is 2.58. The van der Waals surface area contributed by atoms with Crippen LogP contribution in [0, 0.1) is 5.92 Å². The van der Waals surface area contributed by atoms with E-state index in [1.807, 2.05) is 0 Å². The molecule has 1 aliphatic rings. The number of hydrogen-bond acceptors (Lipinski definition) is 2. The lowest BCUT2D eigenvalue weighted by Crippen LogP contribution is -2.35. The summed E-state index contributed by atoms with van der Waals surface area (Å²) >= 11 is 0. The van der Waals surface area contributed by atoms with Crippen molar-refractivity contribution in [2.24, 2.45) is 5.92 Å². The first-order chi connectivity index (χ1) is 6.70. The van der Waals surface area contributed by atoms with Crippen molar-refractivity contribution in [3.8, 4) is 0 Å². The normalized spacial score (nSPS) is 17.9. The van der Waals surface area contributed by atoms with Gasteiger partial charge in [-0.3, -0.25) is 0 Å². The van der Waals surface area contributed by atoms with Gasteiger partial charge in [0.15, 0.2) is 0 Å². The van der Waals surface area contributed by atoms with Gasteiger partial charge in [0.05, 0.1) is 0 Å². The fourth-order valence-electron chi connectivity index (χ4n) is 1.58. The van der Waals surface area contributed by atoms with Crippen LogP contribution in [-0.4, -0.2) is 44.8 Å². The maximum Gasteiger partial charge on any atom is 0.316 e. The minimum absolute atomic E-state index is 0.00272. The van der Waals surface area contributed by atoms with Crippen molar-refractivity contribution >= 4 is 6.03 Å². The highest BCUT2D eigenvalue weighted by molar-refractivity contribution is 5.73. The fourth-order valence-corrected chi connectivity index (χ4v) is 1.58. The molecule has 1 fully saturated rings. The molecule has 82 valence electrons. The van der Waals surface area contributed by atoms with Gasteiger partial charge in [0, 0.05) is 33.9 Å². The van der Waals surface area contributed by atoms with Gasteiger partial charge < -0.3 is 15.0 Å². The van der Waals surface area contributed by atoms with Crippen molar-refractivity contribution in [3.63, 3.8) is 0 Å². The van der Waals surface area contributed by atoms with E-state index in [0.717, 1.165) is 44.9 Å². The maximum atomic E-state index is 11.2. The third kappa shape index (κ3) is 3.96. The molecule has 0 saturated carbocycles. The van der Waals surface area contributed by atoms with Crippen LogP contribution < -0.4 is 5.32 Å². The average Bonchev–Trinajstić information content (AvgIpc) is 2.19. The molecule has 4 heteroatoms. The summed E-state index contributed by atoms with van der Waals surface area (Å²) in [5.74, 6) is 0.728. The molecule has 1 aliphatic heterocycles. The smallest absolute Gasteiger partial charge is 0.316 e. The summed E-state index contributed by atoms with van der Waals surface area (Å²) in [7, 11) is 3.51. The zero-order valence-corrected chi connectivity index (χ0v) is 9.08. The molecule has 1 N–H and O–H groups in total. The van der Waals surface area contributed by atoms with Gasteiger partial charge in [-0.05, 0) is 25.2 Å². The first-order valence-corrected chi connectivity index (χ1v) is 5.23. The molecule has 0 atom stereocenters. The Labute approximate surface area is 85.6 Å². The predicted molar refractivity (Wildman–Crippen MR) is 55.2 cm³/mol. The van der Waals surface area contributed by atoms with E-state index in [9.17, 15) is 4.79 Å². The van der Waals surface area contributed by atoms with E-state index >= 15 is 0 Å². The number of carbonyl (C=O) groups excluding carboxylic acids is 1. The molecule has 2 amide bonds. The van der Waals surface area contributed by atoms with Gasteiger partial charge in [-0.1, -0.05) is 0 Å². The van der Waals surface area contributed by atoms with Crippen LogP contribution in [0.3, 0.4) is 0 Å². The molecular weight excluding hydrogens is 180 g/mol. The van der Waals surface area contributed by atoms with Crippen LogP contribution in [-0.2, 0) is 4.74 Å². The van der Waals surface area contributed by atoms with Crippen molar-refractivity contribution in [2.45, 2.75) is 19.3 Å². The van der Waals surface area contributed by atoms with Crippen molar-refractivity contribution in [2.75, 3.05) is 33.9 Å². The Morgan fingerprint density at radius 2 is 2.07 bits per heavy atom. The SMILES string of the molecule is CN(C)C(=O)NCCC1CCOCC1. The Morgan fingerprint density at radius 1 is 1.43 bits per heavy atom. The average molecular weight is 200 g/mol. The van der Waals surface area contributed by atoms with Crippen molar-refractivity contribution in [1.29, 1.82) is 0 Å². The molecule has 0 aromatic carbocycles. The highest BCUT2D eigenvalue weighted by Gasteiger charge is 2.13. The van der Waals surface area contributed by atoms with Crippen LogP contribution in [0.15, 0.2) is 0 Å². The summed E-state index contributed by atoms with van der Waals surface area (Å²) in [5, 5.41) is 2.88. The van der Waals surface area contributed by atoms with E-state index in [1.54, 1.807) is 19.0 Å². The van der Waals surface area contributed by atoms with Gasteiger partial charge in [0.1, 0.15) is 0 Å². The number of urea groups is 1. The number of nitrogens with zero attached hydrogens (tertiary/aromatic N) is 1. The van der Waals surface area contributed by atoms with E-state index in [1.165, 1.54) is 0 Å². The molecule has 0 unspecified atom stereocenters. The highest BCUT2D eigenvalue weighted by Crippen LogP contribution is 2.17. The lowest BCUT2D eigenvalue weighted by molar-refractivity contribution is 0.0641. The largest absolute Gasteiger partial charge is 0.381 e. The van der Waals surface area contributed by atoms with Crippen LogP contribution in [0.1, 0.15) is 19.3 Å². The van der Waals surface area contributed by atoms with Crippen LogP contribution in [0.25, 0.3) is 0 Å². The molecule has 0 bridgehead atoms. The Morgan fingerprint density at radius 3 is 2.64 bits per heavy atom. The molecule has 14 heavy (non-hydrogen) atoms. The van der Waals surface area contributed by atoms with Crippen molar-refractivity contribution in [3.05, 3.63) is 0 Å². The van der Waals surface area contributed by atoms with Gasteiger partial charge in [-0.2, -0.15) is 0 Å². The second-order valence-corrected chi connectivity index (χ2v) is 3.97. The Balaban J connectivity index is 2.05. The van der Waals surface area contributed by atoms with Gasteiger partial charge in [0.2, 0.25) is 0 Å². The zero-order chi connectivity index (χ0) is 10.4. The van der Waals surface area contributed by atoms with Gasteiger partial charge in [0.25, 0.3) is 0 Å². The number of nitrogens with one attached hydrogen (secondary N) is 1. The summed E-state index contributed by atoms with van der Waals surface area (Å²) in [6, 6.07) is -0.00272. The van der Waals surface area contributed by atoms with Crippen LogP contribution in [0.5, 0.6) is 0 Å². The number of amides is 2. The topological polar surface area (TPSA) is 41.6 Å². The van der Waals surface area contributed by atoms with Crippen molar-refractivity contribution < 1.29 is 9.53 Å². The third-order valence-corrected chi connectivity index (χ3v) is 2.58. The molecule has 0 radical (unpaired) electrons. The number of carbonyl (C=O) groups is 1. The summed E-state index contributed by atoms with van der Waals surface area (Å²) in [6.07, 6.45) is 3.35. The van der Waals surface area contributed by atoms with Gasteiger partial charge in [-0.15, -0.1) is 0 Å². The summed E-state index contributed by atoms with van der Waals surface area (Å²) in [4.78, 5) is 12.7. The predicted octanol–water partition coefficient (Wildman–Crippen LogP) is 1.07. The lowest BCUT2D eigenvalue weighted by Gasteiger charge is -2.22. The molecule has 1 saturated heterocycles. The fraction of sp³-hybridized carbons (Fsp3) is 0.900. The molecule has 0 spiro atoms. The zero-order valence-electron chi connectivity index (χ0n) is 9.08. The summed E-state index contributed by atoms with van der Waals surface area (Å²) in [6.45, 7) is 2.54. The van der Waals surface area contributed by atoms with Gasteiger partial charge in [-0.25, -0.2) is 4.79 Å². The quantitative estimate of drug-likeness (QED) is 0.740. The molecule has 4 nitrogen and oxygen atoms in total. The minimum Gasteiger partial charge on any atom is -0.381 e. The Kier molecular flexibility index (Phi) is 4.73. The molecule has 1 rings (SSSR count). The highest BCUT2D eigenvalue weighted by atomic mass is 16.5. The molecular formula is C10H20N2O2. The molecule has 0 aromatic heterocycles. The summed E-state index contributed by atoms with van der Waals surface area (Å²) < 4.78 is 5.27. The number of ether oxygens (including phenoxy) is 1. The van der Waals surface area contributed by atoms with E-state index < -0.39 is 0 Å². The Bertz CT molecular complexity index is 177.